The third-order valence-electron chi connectivity index (χ3n) is 3.43. The number of nitrogens with two attached hydrogens (primary N) is 1. The first-order chi connectivity index (χ1) is 12.4. The maximum absolute atomic E-state index is 12.7. The van der Waals surface area contributed by atoms with Crippen LogP contribution in [0.1, 0.15) is 19.4 Å². The minimum atomic E-state index is -0.667. The molecule has 0 bridgehead atoms. The van der Waals surface area contributed by atoms with Gasteiger partial charge in [0.1, 0.15) is 6.04 Å². The number of nitrogen functional groups attached to an aromatic ring is 1. The first-order valence-electron chi connectivity index (χ1n) is 7.53. The minimum absolute atomic E-state index is 0.0273. The highest BCUT2D eigenvalue weighted by molar-refractivity contribution is 7.99. The smallest absolute Gasteiger partial charge is 0.316 e. The Hall–Kier alpha value is -1.97. The molecular weight excluding hydrogens is 401 g/mol. The second kappa shape index (κ2) is 9.11. The van der Waals surface area contributed by atoms with E-state index in [0.29, 0.717) is 27.3 Å². The number of hydrogen-bond donors (Lipinski definition) is 2. The Labute approximate surface area is 164 Å². The predicted octanol–water partition coefficient (Wildman–Crippen LogP) is 3.02. The van der Waals surface area contributed by atoms with Gasteiger partial charge in [-0.2, -0.15) is 0 Å². The summed E-state index contributed by atoms with van der Waals surface area (Å²) in [5, 5.41) is 11.6. The number of ether oxygens (including phenoxy) is 1. The fourth-order valence-corrected chi connectivity index (χ4v) is 3.27. The van der Waals surface area contributed by atoms with Crippen molar-refractivity contribution in [2.75, 3.05) is 23.9 Å². The van der Waals surface area contributed by atoms with Crippen LogP contribution in [-0.4, -0.2) is 39.5 Å². The molecule has 2 rings (SSSR count). The number of aromatic nitrogens is 3. The summed E-state index contributed by atoms with van der Waals surface area (Å²) in [5.74, 6) is -0.637. The van der Waals surface area contributed by atoms with Crippen molar-refractivity contribution in [3.05, 3.63) is 28.2 Å². The molecule has 1 amide bonds. The van der Waals surface area contributed by atoms with Gasteiger partial charge in [0, 0.05) is 5.69 Å². The Morgan fingerprint density at radius 1 is 1.35 bits per heavy atom. The molecule has 0 aliphatic heterocycles. The van der Waals surface area contributed by atoms with Crippen molar-refractivity contribution in [1.82, 2.24) is 14.8 Å². The van der Waals surface area contributed by atoms with Crippen LogP contribution in [0.5, 0.6) is 0 Å². The van der Waals surface area contributed by atoms with Crippen LogP contribution in [0, 0.1) is 0 Å². The average molecular weight is 418 g/mol. The molecule has 8 nitrogen and oxygen atoms in total. The van der Waals surface area contributed by atoms with E-state index in [1.54, 1.807) is 18.2 Å². The zero-order chi connectivity index (χ0) is 19.3. The van der Waals surface area contributed by atoms with Crippen LogP contribution in [0.25, 0.3) is 0 Å². The van der Waals surface area contributed by atoms with Crippen molar-refractivity contribution >= 4 is 58.5 Å². The number of rotatable bonds is 7. The maximum Gasteiger partial charge on any atom is 0.316 e. The Kier molecular flexibility index (Phi) is 7.13. The van der Waals surface area contributed by atoms with E-state index < -0.39 is 12.0 Å². The van der Waals surface area contributed by atoms with Crippen molar-refractivity contribution in [2.45, 2.75) is 24.5 Å². The van der Waals surface area contributed by atoms with E-state index in [9.17, 15) is 9.59 Å². The third kappa shape index (κ3) is 4.80. The summed E-state index contributed by atoms with van der Waals surface area (Å²) in [7, 11) is 1.29. The number of nitrogens with zero attached hydrogens (tertiary/aromatic N) is 3. The molecule has 1 aromatic heterocycles. The lowest BCUT2D eigenvalue weighted by Crippen LogP contribution is -2.27. The molecule has 0 spiro atoms. The Balaban J connectivity index is 2.21. The topological polar surface area (TPSA) is 112 Å². The lowest BCUT2D eigenvalue weighted by molar-refractivity contribution is -0.137. The summed E-state index contributed by atoms with van der Waals surface area (Å²) in [6.07, 6.45) is 0.432. The minimum Gasteiger partial charge on any atom is -0.468 e. The van der Waals surface area contributed by atoms with Crippen LogP contribution < -0.4 is 11.1 Å². The summed E-state index contributed by atoms with van der Waals surface area (Å²) in [6, 6.07) is 4.11. The fraction of sp³-hybridized carbons (Fsp3) is 0.333. The molecule has 1 heterocycles. The number of carbonyl (C=O) groups excluding carboxylic acids is 2. The summed E-state index contributed by atoms with van der Waals surface area (Å²) >= 11 is 12.9. The summed E-state index contributed by atoms with van der Waals surface area (Å²) < 4.78 is 6.09. The van der Waals surface area contributed by atoms with Gasteiger partial charge in [-0.1, -0.05) is 41.9 Å². The van der Waals surface area contributed by atoms with Crippen molar-refractivity contribution in [2.24, 2.45) is 0 Å². The molecule has 0 radical (unpaired) electrons. The fourth-order valence-electron chi connectivity index (χ4n) is 2.15. The largest absolute Gasteiger partial charge is 0.468 e. The number of carbonyl (C=O) groups is 2. The van der Waals surface area contributed by atoms with Crippen LogP contribution in [0.2, 0.25) is 10.0 Å². The highest BCUT2D eigenvalue weighted by Gasteiger charge is 2.25. The standard InChI is InChI=1S/C15H17Cl2N5O3S/c1-3-11(13(24)19-8-4-5-9(16)10(17)6-8)22-14(18)20-21-15(22)26-7-12(23)25-2/h4-6,11H,3,7H2,1-2H3,(H2,18,20)(H,19,24). The molecule has 11 heteroatoms. The third-order valence-corrected chi connectivity index (χ3v) is 5.08. The van der Waals surface area contributed by atoms with Crippen LogP contribution in [0.15, 0.2) is 23.4 Å². The molecule has 1 atom stereocenters. The summed E-state index contributed by atoms with van der Waals surface area (Å²) in [4.78, 5) is 24.1. The van der Waals surface area contributed by atoms with Crippen molar-refractivity contribution in [1.29, 1.82) is 0 Å². The van der Waals surface area contributed by atoms with Gasteiger partial charge in [0.15, 0.2) is 5.16 Å². The Morgan fingerprint density at radius 2 is 2.08 bits per heavy atom. The van der Waals surface area contributed by atoms with E-state index >= 15 is 0 Å². The molecule has 26 heavy (non-hydrogen) atoms. The van der Waals surface area contributed by atoms with Crippen LogP contribution in [0.4, 0.5) is 11.6 Å². The number of hydrogen-bond acceptors (Lipinski definition) is 7. The summed E-state index contributed by atoms with van der Waals surface area (Å²) in [6.45, 7) is 1.83. The average Bonchev–Trinajstić information content (AvgIpc) is 2.97. The van der Waals surface area contributed by atoms with Crippen LogP contribution in [-0.2, 0) is 14.3 Å². The predicted molar refractivity (Wildman–Crippen MR) is 102 cm³/mol. The Bertz CT molecular complexity index is 815. The van der Waals surface area contributed by atoms with E-state index in [0.717, 1.165) is 11.8 Å². The van der Waals surface area contributed by atoms with Gasteiger partial charge in [-0.3, -0.25) is 14.2 Å². The quantitative estimate of drug-likeness (QED) is 0.525. The van der Waals surface area contributed by atoms with Crippen molar-refractivity contribution in [3.63, 3.8) is 0 Å². The molecule has 0 aliphatic carbocycles. The molecule has 0 saturated heterocycles. The van der Waals surface area contributed by atoms with Gasteiger partial charge in [-0.15, -0.1) is 10.2 Å². The molecule has 1 unspecified atom stereocenters. The first kappa shape index (κ1) is 20.3. The zero-order valence-electron chi connectivity index (χ0n) is 14.0. The van der Waals surface area contributed by atoms with Crippen molar-refractivity contribution in [3.8, 4) is 0 Å². The molecule has 140 valence electrons. The highest BCUT2D eigenvalue weighted by Crippen LogP contribution is 2.28. The zero-order valence-corrected chi connectivity index (χ0v) is 16.4. The number of halogens is 2. The molecule has 1 aromatic carbocycles. The van der Waals surface area contributed by atoms with Gasteiger partial charge < -0.3 is 15.8 Å². The molecular formula is C15H17Cl2N5O3S. The number of anilines is 2. The molecule has 2 aromatic rings. The van der Waals surface area contributed by atoms with E-state index in [4.69, 9.17) is 28.9 Å². The molecule has 0 saturated carbocycles. The van der Waals surface area contributed by atoms with Gasteiger partial charge in [-0.05, 0) is 24.6 Å². The number of methoxy groups -OCH3 is 1. The second-order valence-corrected chi connectivity index (χ2v) is 6.87. The monoisotopic (exact) mass is 417 g/mol. The van der Waals surface area contributed by atoms with E-state index in [-0.39, 0.29) is 17.6 Å². The van der Waals surface area contributed by atoms with Gasteiger partial charge in [0.25, 0.3) is 0 Å². The Morgan fingerprint density at radius 3 is 2.69 bits per heavy atom. The van der Waals surface area contributed by atoms with Crippen molar-refractivity contribution < 1.29 is 14.3 Å². The van der Waals surface area contributed by atoms with Gasteiger partial charge in [0.2, 0.25) is 11.9 Å². The lowest BCUT2D eigenvalue weighted by atomic mass is 10.2. The summed E-state index contributed by atoms with van der Waals surface area (Å²) in [5.41, 5.74) is 6.37. The normalized spacial score (nSPS) is 11.8. The van der Waals surface area contributed by atoms with E-state index in [1.807, 2.05) is 6.92 Å². The van der Waals surface area contributed by atoms with Gasteiger partial charge in [-0.25, -0.2) is 0 Å². The van der Waals surface area contributed by atoms with E-state index in [1.165, 1.54) is 11.7 Å². The highest BCUT2D eigenvalue weighted by atomic mass is 35.5. The molecule has 0 aliphatic rings. The molecule has 3 N–H and O–H groups in total. The number of esters is 1. The SMILES string of the molecule is CCC(C(=O)Nc1ccc(Cl)c(Cl)c1)n1c(N)nnc1SCC(=O)OC. The van der Waals surface area contributed by atoms with Crippen LogP contribution >= 0.6 is 35.0 Å². The number of nitrogens with one attached hydrogen (secondary N) is 1. The number of thioether (sulfide) groups is 1. The van der Waals surface area contributed by atoms with Gasteiger partial charge >= 0.3 is 5.97 Å². The maximum atomic E-state index is 12.7. The first-order valence-corrected chi connectivity index (χ1v) is 9.27. The van der Waals surface area contributed by atoms with Crippen LogP contribution in [0.3, 0.4) is 0 Å². The lowest BCUT2D eigenvalue weighted by Gasteiger charge is -2.19. The number of benzene rings is 1. The second-order valence-electron chi connectivity index (χ2n) is 5.12. The number of amides is 1. The van der Waals surface area contributed by atoms with E-state index in [2.05, 4.69) is 20.3 Å². The van der Waals surface area contributed by atoms with Gasteiger partial charge in [0.05, 0.1) is 22.9 Å². The molecule has 0 fully saturated rings.